The van der Waals surface area contributed by atoms with E-state index in [4.69, 9.17) is 4.84 Å². The van der Waals surface area contributed by atoms with Crippen LogP contribution in [0.15, 0.2) is 12.2 Å². The number of nitrogens with zero attached hydrogens (tertiary/aromatic N) is 1. The standard InChI is InChI=1S/C8H13NO2/c1-2-5-8(10)11-9-6-3-4-7-9/h2,5H,3-4,6-7H2,1H3. The Morgan fingerprint density at radius 2 is 2.09 bits per heavy atom. The summed E-state index contributed by atoms with van der Waals surface area (Å²) >= 11 is 0. The summed E-state index contributed by atoms with van der Waals surface area (Å²) in [7, 11) is 0. The molecule has 0 atom stereocenters. The zero-order valence-corrected chi connectivity index (χ0v) is 6.75. The van der Waals surface area contributed by atoms with Crippen LogP contribution in [0.5, 0.6) is 0 Å². The fraction of sp³-hybridized carbons (Fsp3) is 0.625. The topological polar surface area (TPSA) is 29.5 Å². The number of hydrogen-bond acceptors (Lipinski definition) is 3. The van der Waals surface area contributed by atoms with E-state index in [0.29, 0.717) is 0 Å². The van der Waals surface area contributed by atoms with Crippen LogP contribution in [0.2, 0.25) is 0 Å². The van der Waals surface area contributed by atoms with Crippen LogP contribution in [-0.4, -0.2) is 24.1 Å². The van der Waals surface area contributed by atoms with Crippen molar-refractivity contribution in [3.8, 4) is 0 Å². The van der Waals surface area contributed by atoms with Crippen molar-refractivity contribution in [1.29, 1.82) is 0 Å². The van der Waals surface area contributed by atoms with E-state index in [9.17, 15) is 4.79 Å². The van der Waals surface area contributed by atoms with Crippen molar-refractivity contribution in [3.05, 3.63) is 12.2 Å². The molecule has 0 aromatic heterocycles. The molecule has 1 rings (SSSR count). The molecule has 62 valence electrons. The van der Waals surface area contributed by atoms with Gasteiger partial charge in [0.1, 0.15) is 0 Å². The highest BCUT2D eigenvalue weighted by Gasteiger charge is 2.14. The summed E-state index contributed by atoms with van der Waals surface area (Å²) in [5, 5.41) is 1.71. The molecular formula is C8H13NO2. The van der Waals surface area contributed by atoms with E-state index >= 15 is 0 Å². The number of allylic oxidation sites excluding steroid dienone is 1. The van der Waals surface area contributed by atoms with E-state index in [0.717, 1.165) is 25.9 Å². The van der Waals surface area contributed by atoms with Gasteiger partial charge in [-0.1, -0.05) is 6.08 Å². The molecule has 0 unspecified atom stereocenters. The first-order chi connectivity index (χ1) is 5.33. The largest absolute Gasteiger partial charge is 0.364 e. The van der Waals surface area contributed by atoms with Crippen molar-refractivity contribution < 1.29 is 9.63 Å². The predicted molar refractivity (Wildman–Crippen MR) is 41.7 cm³/mol. The molecule has 0 spiro atoms. The van der Waals surface area contributed by atoms with E-state index in [-0.39, 0.29) is 5.97 Å². The Morgan fingerprint density at radius 3 is 2.64 bits per heavy atom. The molecule has 1 heterocycles. The van der Waals surface area contributed by atoms with Crippen LogP contribution in [-0.2, 0) is 9.63 Å². The zero-order valence-electron chi connectivity index (χ0n) is 6.75. The Balaban J connectivity index is 2.23. The van der Waals surface area contributed by atoms with Crippen LogP contribution in [0.4, 0.5) is 0 Å². The van der Waals surface area contributed by atoms with Gasteiger partial charge in [-0.25, -0.2) is 4.79 Å². The average Bonchev–Trinajstić information content (AvgIpc) is 2.40. The highest BCUT2D eigenvalue weighted by atomic mass is 16.7. The normalized spacial score (nSPS) is 19.4. The van der Waals surface area contributed by atoms with Crippen molar-refractivity contribution in [3.63, 3.8) is 0 Å². The minimum atomic E-state index is -0.269. The number of hydroxylamine groups is 2. The fourth-order valence-electron chi connectivity index (χ4n) is 1.07. The van der Waals surface area contributed by atoms with Crippen LogP contribution in [0.25, 0.3) is 0 Å². The second kappa shape index (κ2) is 4.13. The minimum Gasteiger partial charge on any atom is -0.364 e. The summed E-state index contributed by atoms with van der Waals surface area (Å²) in [5.74, 6) is -0.269. The molecule has 0 aliphatic carbocycles. The van der Waals surface area contributed by atoms with E-state index in [1.54, 1.807) is 18.1 Å². The van der Waals surface area contributed by atoms with E-state index in [2.05, 4.69) is 0 Å². The maximum Gasteiger partial charge on any atom is 0.349 e. The van der Waals surface area contributed by atoms with Gasteiger partial charge in [0.05, 0.1) is 0 Å². The van der Waals surface area contributed by atoms with E-state index in [1.807, 2.05) is 0 Å². The SMILES string of the molecule is CC=CC(=O)ON1CCCC1. The van der Waals surface area contributed by atoms with Crippen LogP contribution in [0, 0.1) is 0 Å². The van der Waals surface area contributed by atoms with Gasteiger partial charge in [-0.15, -0.1) is 5.06 Å². The van der Waals surface area contributed by atoms with Crippen LogP contribution in [0.1, 0.15) is 19.8 Å². The van der Waals surface area contributed by atoms with Crippen LogP contribution >= 0.6 is 0 Å². The van der Waals surface area contributed by atoms with Gasteiger partial charge < -0.3 is 4.84 Å². The quantitative estimate of drug-likeness (QED) is 0.559. The Hall–Kier alpha value is -0.830. The van der Waals surface area contributed by atoms with Crippen LogP contribution in [0.3, 0.4) is 0 Å². The lowest BCUT2D eigenvalue weighted by atomic mass is 10.4. The summed E-state index contributed by atoms with van der Waals surface area (Å²) in [4.78, 5) is 15.8. The van der Waals surface area contributed by atoms with Gasteiger partial charge in [-0.05, 0) is 19.8 Å². The molecule has 0 radical (unpaired) electrons. The number of rotatable bonds is 2. The summed E-state index contributed by atoms with van der Waals surface area (Å²) in [6.07, 6.45) is 5.36. The molecule has 0 aromatic rings. The Morgan fingerprint density at radius 1 is 1.45 bits per heavy atom. The first-order valence-electron chi connectivity index (χ1n) is 3.92. The van der Waals surface area contributed by atoms with E-state index in [1.165, 1.54) is 6.08 Å². The Kier molecular flexibility index (Phi) is 3.11. The molecule has 11 heavy (non-hydrogen) atoms. The van der Waals surface area contributed by atoms with Crippen LogP contribution < -0.4 is 0 Å². The third-order valence-electron chi connectivity index (χ3n) is 1.59. The molecule has 3 heteroatoms. The summed E-state index contributed by atoms with van der Waals surface area (Å²) in [5.41, 5.74) is 0. The predicted octanol–water partition coefficient (Wildman–Crippen LogP) is 1.12. The lowest BCUT2D eigenvalue weighted by Gasteiger charge is -2.11. The zero-order chi connectivity index (χ0) is 8.10. The highest BCUT2D eigenvalue weighted by molar-refractivity contribution is 5.81. The maximum absolute atomic E-state index is 10.8. The molecule has 1 aliphatic heterocycles. The van der Waals surface area contributed by atoms with E-state index < -0.39 is 0 Å². The van der Waals surface area contributed by atoms with Crippen molar-refractivity contribution >= 4 is 5.97 Å². The summed E-state index contributed by atoms with van der Waals surface area (Å²) in [6.45, 7) is 3.55. The fourth-order valence-corrected chi connectivity index (χ4v) is 1.07. The van der Waals surface area contributed by atoms with Gasteiger partial charge in [0, 0.05) is 19.2 Å². The molecule has 1 saturated heterocycles. The van der Waals surface area contributed by atoms with Crippen molar-refractivity contribution in [1.82, 2.24) is 5.06 Å². The number of carbonyl (C=O) groups excluding carboxylic acids is 1. The second-order valence-corrected chi connectivity index (χ2v) is 2.55. The molecule has 1 fully saturated rings. The minimum absolute atomic E-state index is 0.269. The third-order valence-corrected chi connectivity index (χ3v) is 1.59. The number of carbonyl (C=O) groups is 1. The Bertz CT molecular complexity index is 159. The van der Waals surface area contributed by atoms with Gasteiger partial charge in [-0.3, -0.25) is 0 Å². The molecule has 0 saturated carbocycles. The molecule has 1 aliphatic rings. The molecule has 3 nitrogen and oxygen atoms in total. The molecule has 0 bridgehead atoms. The summed E-state index contributed by atoms with van der Waals surface area (Å²) < 4.78 is 0. The van der Waals surface area contributed by atoms with Gasteiger partial charge >= 0.3 is 5.97 Å². The first-order valence-corrected chi connectivity index (χ1v) is 3.92. The van der Waals surface area contributed by atoms with Crippen molar-refractivity contribution in [2.75, 3.05) is 13.1 Å². The monoisotopic (exact) mass is 155 g/mol. The molecule has 0 aromatic carbocycles. The van der Waals surface area contributed by atoms with Crippen molar-refractivity contribution in [2.24, 2.45) is 0 Å². The smallest absolute Gasteiger partial charge is 0.349 e. The lowest BCUT2D eigenvalue weighted by molar-refractivity contribution is -0.178. The first kappa shape index (κ1) is 8.27. The molecule has 0 N–H and O–H groups in total. The van der Waals surface area contributed by atoms with Gasteiger partial charge in [0.25, 0.3) is 0 Å². The average molecular weight is 155 g/mol. The summed E-state index contributed by atoms with van der Waals surface area (Å²) in [6, 6.07) is 0. The lowest BCUT2D eigenvalue weighted by Crippen LogP contribution is -2.22. The molecular weight excluding hydrogens is 142 g/mol. The van der Waals surface area contributed by atoms with Gasteiger partial charge in [0.15, 0.2) is 0 Å². The highest BCUT2D eigenvalue weighted by Crippen LogP contribution is 2.07. The number of hydrogen-bond donors (Lipinski definition) is 0. The molecule has 0 amide bonds. The van der Waals surface area contributed by atoms with Crippen molar-refractivity contribution in [2.45, 2.75) is 19.8 Å². The Labute approximate surface area is 66.6 Å². The second-order valence-electron chi connectivity index (χ2n) is 2.55. The van der Waals surface area contributed by atoms with Gasteiger partial charge in [-0.2, -0.15) is 0 Å². The third kappa shape index (κ3) is 2.72. The maximum atomic E-state index is 10.8. The van der Waals surface area contributed by atoms with Gasteiger partial charge in [0.2, 0.25) is 0 Å².